The summed E-state index contributed by atoms with van der Waals surface area (Å²) in [5, 5.41) is 3.09. The van der Waals surface area contributed by atoms with Crippen LogP contribution in [-0.4, -0.2) is 53.8 Å². The van der Waals surface area contributed by atoms with Crippen LogP contribution in [0.4, 0.5) is 4.79 Å². The second-order valence-corrected chi connectivity index (χ2v) is 7.07. The molecule has 7 nitrogen and oxygen atoms in total. The van der Waals surface area contributed by atoms with Gasteiger partial charge >= 0.3 is 6.09 Å². The molecule has 7 heteroatoms. The Labute approximate surface area is 126 Å². The van der Waals surface area contributed by atoms with Gasteiger partial charge in [0.05, 0.1) is 5.60 Å². The maximum absolute atomic E-state index is 12.2. The summed E-state index contributed by atoms with van der Waals surface area (Å²) in [6.07, 6.45) is -0.486. The number of amides is 2. The first kappa shape index (κ1) is 17.7. The molecule has 1 unspecified atom stereocenters. The van der Waals surface area contributed by atoms with E-state index in [1.54, 1.807) is 20.8 Å². The van der Waals surface area contributed by atoms with Gasteiger partial charge in [0.25, 0.3) is 5.91 Å². The molecule has 0 aromatic heterocycles. The lowest BCUT2D eigenvalue weighted by Crippen LogP contribution is -2.60. The molecule has 1 saturated heterocycles. The van der Waals surface area contributed by atoms with Crippen molar-refractivity contribution in [2.75, 3.05) is 19.6 Å². The summed E-state index contributed by atoms with van der Waals surface area (Å²) in [5.74, 6) is -0.358. The number of carbonyl (C=O) groups is 2. The normalized spacial score (nSPS) is 20.1. The molecule has 2 N–H and O–H groups in total. The Morgan fingerprint density at radius 3 is 2.29 bits per heavy atom. The summed E-state index contributed by atoms with van der Waals surface area (Å²) < 4.78 is 5.34. The molecule has 21 heavy (non-hydrogen) atoms. The highest BCUT2D eigenvalue weighted by atomic mass is 16.7. The van der Waals surface area contributed by atoms with E-state index in [0.717, 1.165) is 0 Å². The van der Waals surface area contributed by atoms with E-state index >= 15 is 0 Å². The van der Waals surface area contributed by atoms with Gasteiger partial charge in [-0.2, -0.15) is 0 Å². The predicted molar refractivity (Wildman–Crippen MR) is 78.6 cm³/mol. The number of hydrogen-bond donors (Lipinski definition) is 2. The van der Waals surface area contributed by atoms with Crippen LogP contribution in [0.15, 0.2) is 0 Å². The van der Waals surface area contributed by atoms with Gasteiger partial charge in [-0.05, 0) is 41.5 Å². The van der Waals surface area contributed by atoms with Gasteiger partial charge in [0.1, 0.15) is 11.6 Å². The molecule has 1 fully saturated rings. The molecule has 0 aromatic rings. The van der Waals surface area contributed by atoms with Gasteiger partial charge in [-0.25, -0.2) is 10.3 Å². The van der Waals surface area contributed by atoms with Crippen molar-refractivity contribution in [3.63, 3.8) is 0 Å². The van der Waals surface area contributed by atoms with Gasteiger partial charge < -0.3 is 10.1 Å². The standard InChI is InChI=1S/C14H27N3O4/c1-13(2,3)20-12(19)17-8-7-15-9-10(17)11(18)16-21-14(4,5)6/h10,15H,7-9H2,1-6H3,(H,16,18). The highest BCUT2D eigenvalue weighted by Crippen LogP contribution is 2.14. The number of piperazine rings is 1. The molecule has 1 aliphatic rings. The molecule has 1 rings (SSSR count). The third-order valence-electron chi connectivity index (χ3n) is 2.63. The quantitative estimate of drug-likeness (QED) is 0.745. The van der Waals surface area contributed by atoms with Crippen LogP contribution < -0.4 is 10.8 Å². The number of hydrogen-bond acceptors (Lipinski definition) is 5. The van der Waals surface area contributed by atoms with E-state index in [0.29, 0.717) is 19.6 Å². The summed E-state index contributed by atoms with van der Waals surface area (Å²) in [6, 6.07) is -0.643. The van der Waals surface area contributed by atoms with Gasteiger partial charge in [-0.1, -0.05) is 0 Å². The number of ether oxygens (including phenoxy) is 1. The third-order valence-corrected chi connectivity index (χ3v) is 2.63. The number of nitrogens with zero attached hydrogens (tertiary/aromatic N) is 1. The lowest BCUT2D eigenvalue weighted by molar-refractivity contribution is -0.151. The first-order valence-electron chi connectivity index (χ1n) is 7.18. The van der Waals surface area contributed by atoms with Crippen LogP contribution in [0.2, 0.25) is 0 Å². The fraction of sp³-hybridized carbons (Fsp3) is 0.857. The fourth-order valence-corrected chi connectivity index (χ4v) is 1.75. The predicted octanol–water partition coefficient (Wildman–Crippen LogP) is 1.04. The van der Waals surface area contributed by atoms with Gasteiger partial charge in [-0.3, -0.25) is 14.5 Å². The van der Waals surface area contributed by atoms with E-state index in [-0.39, 0.29) is 5.91 Å². The molecule has 0 saturated carbocycles. The molecule has 1 heterocycles. The van der Waals surface area contributed by atoms with Crippen LogP contribution >= 0.6 is 0 Å². The van der Waals surface area contributed by atoms with E-state index in [2.05, 4.69) is 10.8 Å². The zero-order chi connectivity index (χ0) is 16.3. The van der Waals surface area contributed by atoms with Crippen molar-refractivity contribution in [2.45, 2.75) is 58.8 Å². The van der Waals surface area contributed by atoms with Gasteiger partial charge in [0.15, 0.2) is 0 Å². The van der Waals surface area contributed by atoms with Crippen molar-refractivity contribution in [2.24, 2.45) is 0 Å². The SMILES string of the molecule is CC(C)(C)ONC(=O)C1CNCCN1C(=O)OC(C)(C)C. The molecule has 2 amide bonds. The summed E-state index contributed by atoms with van der Waals surface area (Å²) in [6.45, 7) is 12.3. The maximum Gasteiger partial charge on any atom is 0.411 e. The van der Waals surface area contributed by atoms with Crippen molar-refractivity contribution in [3.05, 3.63) is 0 Å². The Kier molecular flexibility index (Phi) is 5.58. The Bertz CT molecular complexity index is 385. The second kappa shape index (κ2) is 6.62. The highest BCUT2D eigenvalue weighted by molar-refractivity contribution is 5.85. The topological polar surface area (TPSA) is 79.9 Å². The van der Waals surface area contributed by atoms with Gasteiger partial charge in [-0.15, -0.1) is 0 Å². The van der Waals surface area contributed by atoms with Crippen LogP contribution in [0, 0.1) is 0 Å². The molecule has 1 aliphatic heterocycles. The minimum absolute atomic E-state index is 0.358. The monoisotopic (exact) mass is 301 g/mol. The maximum atomic E-state index is 12.2. The number of rotatable bonds is 2. The van der Waals surface area contributed by atoms with E-state index in [9.17, 15) is 9.59 Å². The van der Waals surface area contributed by atoms with Crippen LogP contribution in [0.1, 0.15) is 41.5 Å². The first-order chi connectivity index (χ1) is 9.49. The van der Waals surface area contributed by atoms with E-state index in [1.165, 1.54) is 4.90 Å². The lowest BCUT2D eigenvalue weighted by atomic mass is 10.2. The fourth-order valence-electron chi connectivity index (χ4n) is 1.75. The minimum atomic E-state index is -0.643. The van der Waals surface area contributed by atoms with Crippen molar-refractivity contribution in [1.29, 1.82) is 0 Å². The average molecular weight is 301 g/mol. The second-order valence-electron chi connectivity index (χ2n) is 7.07. The largest absolute Gasteiger partial charge is 0.444 e. The van der Waals surface area contributed by atoms with Gasteiger partial charge in [0.2, 0.25) is 0 Å². The number of carbonyl (C=O) groups excluding carboxylic acids is 2. The zero-order valence-corrected chi connectivity index (χ0v) is 13.8. The summed E-state index contributed by atoms with van der Waals surface area (Å²) in [5.41, 5.74) is 1.33. The van der Waals surface area contributed by atoms with Crippen LogP contribution in [0.5, 0.6) is 0 Å². The molecule has 0 aromatic carbocycles. The third kappa shape index (κ3) is 6.31. The Morgan fingerprint density at radius 1 is 1.14 bits per heavy atom. The van der Waals surface area contributed by atoms with Crippen LogP contribution in [-0.2, 0) is 14.4 Å². The zero-order valence-electron chi connectivity index (χ0n) is 13.8. The van der Waals surface area contributed by atoms with Crippen LogP contribution in [0.3, 0.4) is 0 Å². The van der Waals surface area contributed by atoms with E-state index in [1.807, 2.05) is 20.8 Å². The first-order valence-corrected chi connectivity index (χ1v) is 7.18. The van der Waals surface area contributed by atoms with Gasteiger partial charge in [0, 0.05) is 19.6 Å². The van der Waals surface area contributed by atoms with E-state index < -0.39 is 23.3 Å². The molecule has 0 bridgehead atoms. The summed E-state index contributed by atoms with van der Waals surface area (Å²) >= 11 is 0. The Balaban J connectivity index is 2.68. The molecule has 1 atom stereocenters. The minimum Gasteiger partial charge on any atom is -0.444 e. The molecular formula is C14H27N3O4. The molecular weight excluding hydrogens is 274 g/mol. The summed E-state index contributed by atoms with van der Waals surface area (Å²) in [4.78, 5) is 31.1. The van der Waals surface area contributed by atoms with Crippen molar-refractivity contribution in [3.8, 4) is 0 Å². The summed E-state index contributed by atoms with van der Waals surface area (Å²) in [7, 11) is 0. The molecule has 0 aliphatic carbocycles. The molecule has 122 valence electrons. The van der Waals surface area contributed by atoms with Crippen molar-refractivity contribution < 1.29 is 19.2 Å². The molecule has 0 spiro atoms. The lowest BCUT2D eigenvalue weighted by Gasteiger charge is -2.36. The van der Waals surface area contributed by atoms with Crippen molar-refractivity contribution >= 4 is 12.0 Å². The Hall–Kier alpha value is -1.34. The Morgan fingerprint density at radius 2 is 1.76 bits per heavy atom. The highest BCUT2D eigenvalue weighted by Gasteiger charge is 2.35. The number of hydroxylamine groups is 1. The smallest absolute Gasteiger partial charge is 0.411 e. The molecule has 0 radical (unpaired) electrons. The van der Waals surface area contributed by atoms with Crippen LogP contribution in [0.25, 0.3) is 0 Å². The van der Waals surface area contributed by atoms with E-state index in [4.69, 9.17) is 9.57 Å². The average Bonchev–Trinajstić information content (AvgIpc) is 2.33. The van der Waals surface area contributed by atoms with Crippen molar-refractivity contribution in [1.82, 2.24) is 15.7 Å². The number of nitrogens with one attached hydrogen (secondary N) is 2.